The average Bonchev–Trinajstić information content (AvgIpc) is 2.40. The van der Waals surface area contributed by atoms with Crippen molar-refractivity contribution in [3.05, 3.63) is 71.3 Å². The van der Waals surface area contributed by atoms with E-state index in [0.717, 1.165) is 18.7 Å². The molecule has 2 aromatic rings. The van der Waals surface area contributed by atoms with Crippen LogP contribution in [0.25, 0.3) is 0 Å². The highest BCUT2D eigenvalue weighted by Gasteiger charge is 2.02. The van der Waals surface area contributed by atoms with Gasteiger partial charge in [0.2, 0.25) is 0 Å². The van der Waals surface area contributed by atoms with Crippen LogP contribution in [0.3, 0.4) is 0 Å². The quantitative estimate of drug-likeness (QED) is 0.815. The van der Waals surface area contributed by atoms with Crippen molar-refractivity contribution in [3.8, 4) is 6.07 Å². The molecule has 0 spiro atoms. The van der Waals surface area contributed by atoms with E-state index in [1.165, 1.54) is 11.1 Å². The number of hydrogen-bond donors (Lipinski definition) is 0. The number of nitriles is 1. The molecular formula is C16H16N2. The van der Waals surface area contributed by atoms with Crippen LogP contribution in [-0.4, -0.2) is 11.9 Å². The van der Waals surface area contributed by atoms with Crippen molar-refractivity contribution in [1.82, 2.24) is 4.90 Å². The van der Waals surface area contributed by atoms with E-state index in [-0.39, 0.29) is 0 Å². The van der Waals surface area contributed by atoms with Gasteiger partial charge in [-0.25, -0.2) is 0 Å². The maximum absolute atomic E-state index is 8.87. The molecule has 2 nitrogen and oxygen atoms in total. The summed E-state index contributed by atoms with van der Waals surface area (Å²) >= 11 is 0. The summed E-state index contributed by atoms with van der Waals surface area (Å²) in [6.07, 6.45) is 0. The van der Waals surface area contributed by atoms with E-state index in [1.54, 1.807) is 0 Å². The molecule has 0 saturated carbocycles. The van der Waals surface area contributed by atoms with Crippen molar-refractivity contribution < 1.29 is 0 Å². The summed E-state index contributed by atoms with van der Waals surface area (Å²) in [4.78, 5) is 2.24. The van der Waals surface area contributed by atoms with E-state index < -0.39 is 0 Å². The molecule has 0 aromatic heterocycles. The van der Waals surface area contributed by atoms with Crippen LogP contribution in [0.15, 0.2) is 54.6 Å². The Labute approximate surface area is 108 Å². The average molecular weight is 236 g/mol. The van der Waals surface area contributed by atoms with Gasteiger partial charge >= 0.3 is 0 Å². The first-order valence-corrected chi connectivity index (χ1v) is 5.99. The van der Waals surface area contributed by atoms with E-state index in [0.29, 0.717) is 0 Å². The van der Waals surface area contributed by atoms with E-state index in [1.807, 2.05) is 24.3 Å². The Kier molecular flexibility index (Phi) is 4.11. The Hall–Kier alpha value is -2.11. The molecule has 0 aliphatic rings. The second kappa shape index (κ2) is 6.00. The predicted molar refractivity (Wildman–Crippen MR) is 72.8 cm³/mol. The zero-order chi connectivity index (χ0) is 12.8. The zero-order valence-electron chi connectivity index (χ0n) is 10.5. The van der Waals surface area contributed by atoms with Crippen LogP contribution in [0.1, 0.15) is 16.7 Å². The summed E-state index contributed by atoms with van der Waals surface area (Å²) in [5.41, 5.74) is 3.20. The fourth-order valence-electron chi connectivity index (χ4n) is 2.00. The summed E-state index contributed by atoms with van der Waals surface area (Å²) in [6.45, 7) is 1.77. The van der Waals surface area contributed by atoms with Crippen molar-refractivity contribution in [2.75, 3.05) is 7.05 Å². The fraction of sp³-hybridized carbons (Fsp3) is 0.188. The van der Waals surface area contributed by atoms with Gasteiger partial charge in [0, 0.05) is 13.1 Å². The highest BCUT2D eigenvalue weighted by Crippen LogP contribution is 2.09. The van der Waals surface area contributed by atoms with Crippen LogP contribution in [-0.2, 0) is 13.1 Å². The van der Waals surface area contributed by atoms with Gasteiger partial charge < -0.3 is 0 Å². The largest absolute Gasteiger partial charge is 0.298 e. The number of rotatable bonds is 4. The van der Waals surface area contributed by atoms with Crippen molar-refractivity contribution >= 4 is 0 Å². The Morgan fingerprint density at radius 1 is 0.944 bits per heavy atom. The third-order valence-electron chi connectivity index (χ3n) is 2.80. The van der Waals surface area contributed by atoms with Gasteiger partial charge in [-0.3, -0.25) is 4.90 Å². The first-order chi connectivity index (χ1) is 8.78. The maximum Gasteiger partial charge on any atom is 0.0991 e. The van der Waals surface area contributed by atoms with Crippen LogP contribution in [0, 0.1) is 11.3 Å². The third-order valence-corrected chi connectivity index (χ3v) is 2.80. The molecule has 2 heteroatoms. The minimum Gasteiger partial charge on any atom is -0.298 e. The van der Waals surface area contributed by atoms with Gasteiger partial charge in [0.15, 0.2) is 0 Å². The first kappa shape index (κ1) is 12.3. The minimum atomic E-state index is 0.723. The molecule has 0 N–H and O–H groups in total. The second-order valence-corrected chi connectivity index (χ2v) is 4.47. The smallest absolute Gasteiger partial charge is 0.0991 e. The van der Waals surface area contributed by atoms with Crippen molar-refractivity contribution in [3.63, 3.8) is 0 Å². The standard InChI is InChI=1S/C16H16N2/c1-18(12-14-6-3-2-4-7-14)13-16-9-5-8-15(10-16)11-17/h2-10H,12-13H2,1H3. The Morgan fingerprint density at radius 3 is 2.33 bits per heavy atom. The number of hydrogen-bond acceptors (Lipinski definition) is 2. The molecule has 0 bridgehead atoms. The zero-order valence-corrected chi connectivity index (χ0v) is 10.5. The van der Waals surface area contributed by atoms with Gasteiger partial charge in [0.25, 0.3) is 0 Å². The Bertz CT molecular complexity index is 541. The Balaban J connectivity index is 1.99. The van der Waals surface area contributed by atoms with Crippen LogP contribution in [0.5, 0.6) is 0 Å². The van der Waals surface area contributed by atoms with Crippen LogP contribution < -0.4 is 0 Å². The van der Waals surface area contributed by atoms with Gasteiger partial charge in [-0.05, 0) is 30.3 Å². The monoisotopic (exact) mass is 236 g/mol. The topological polar surface area (TPSA) is 27.0 Å². The summed E-state index contributed by atoms with van der Waals surface area (Å²) in [5.74, 6) is 0. The van der Waals surface area contributed by atoms with Crippen LogP contribution >= 0.6 is 0 Å². The first-order valence-electron chi connectivity index (χ1n) is 5.99. The van der Waals surface area contributed by atoms with E-state index >= 15 is 0 Å². The molecule has 0 radical (unpaired) electrons. The third kappa shape index (κ3) is 3.44. The van der Waals surface area contributed by atoms with Crippen LogP contribution in [0.2, 0.25) is 0 Å². The Morgan fingerprint density at radius 2 is 1.61 bits per heavy atom. The van der Waals surface area contributed by atoms with Gasteiger partial charge in [-0.1, -0.05) is 42.5 Å². The molecule has 0 saturated heterocycles. The lowest BCUT2D eigenvalue weighted by Gasteiger charge is -2.16. The molecule has 0 aliphatic carbocycles. The predicted octanol–water partition coefficient (Wildman–Crippen LogP) is 3.19. The molecule has 18 heavy (non-hydrogen) atoms. The molecule has 0 aliphatic heterocycles. The lowest BCUT2D eigenvalue weighted by molar-refractivity contribution is 0.319. The summed E-state index contributed by atoms with van der Waals surface area (Å²) in [6, 6.07) is 20.3. The van der Waals surface area contributed by atoms with E-state index in [9.17, 15) is 0 Å². The SMILES string of the molecule is CN(Cc1ccccc1)Cc1cccc(C#N)c1. The molecule has 2 aromatic carbocycles. The molecule has 0 fully saturated rings. The van der Waals surface area contributed by atoms with Crippen molar-refractivity contribution in [2.24, 2.45) is 0 Å². The molecular weight excluding hydrogens is 220 g/mol. The summed E-state index contributed by atoms with van der Waals surface area (Å²) in [5, 5.41) is 8.87. The van der Waals surface area contributed by atoms with E-state index in [4.69, 9.17) is 5.26 Å². The molecule has 0 amide bonds. The number of nitrogens with zero attached hydrogens (tertiary/aromatic N) is 2. The van der Waals surface area contributed by atoms with Crippen molar-refractivity contribution in [1.29, 1.82) is 5.26 Å². The fourth-order valence-corrected chi connectivity index (χ4v) is 2.00. The molecule has 0 atom stereocenters. The van der Waals surface area contributed by atoms with Gasteiger partial charge in [-0.15, -0.1) is 0 Å². The second-order valence-electron chi connectivity index (χ2n) is 4.47. The highest BCUT2D eigenvalue weighted by molar-refractivity contribution is 5.32. The normalized spacial score (nSPS) is 10.3. The molecule has 90 valence electrons. The highest BCUT2D eigenvalue weighted by atomic mass is 15.1. The number of benzene rings is 2. The molecule has 0 unspecified atom stereocenters. The maximum atomic E-state index is 8.87. The lowest BCUT2D eigenvalue weighted by Crippen LogP contribution is -2.17. The molecule has 2 rings (SSSR count). The summed E-state index contributed by atoms with van der Waals surface area (Å²) in [7, 11) is 2.09. The van der Waals surface area contributed by atoms with Gasteiger partial charge in [-0.2, -0.15) is 5.26 Å². The van der Waals surface area contributed by atoms with Gasteiger partial charge in [0.1, 0.15) is 0 Å². The van der Waals surface area contributed by atoms with E-state index in [2.05, 4.69) is 48.3 Å². The summed E-state index contributed by atoms with van der Waals surface area (Å²) < 4.78 is 0. The van der Waals surface area contributed by atoms with Gasteiger partial charge in [0.05, 0.1) is 11.6 Å². The van der Waals surface area contributed by atoms with Crippen LogP contribution in [0.4, 0.5) is 0 Å². The molecule has 0 heterocycles. The van der Waals surface area contributed by atoms with Crippen molar-refractivity contribution in [2.45, 2.75) is 13.1 Å². The minimum absolute atomic E-state index is 0.723. The lowest BCUT2D eigenvalue weighted by atomic mass is 10.1.